The number of sulfone groups is 1. The van der Waals surface area contributed by atoms with Crippen molar-refractivity contribution in [2.45, 2.75) is 23.7 Å². The maximum Gasteiger partial charge on any atom is 0.175 e. The van der Waals surface area contributed by atoms with Gasteiger partial charge in [0.25, 0.3) is 0 Å². The van der Waals surface area contributed by atoms with E-state index in [9.17, 15) is 8.42 Å². The average molecular weight is 235 g/mol. The van der Waals surface area contributed by atoms with Crippen molar-refractivity contribution in [1.82, 2.24) is 0 Å². The van der Waals surface area contributed by atoms with Crippen LogP contribution in [0, 0.1) is 17.2 Å². The number of hydrogen-bond donors (Lipinski definition) is 0. The normalized spacial score (nSPS) is 28.4. The van der Waals surface area contributed by atoms with E-state index in [1.54, 1.807) is 12.1 Å². The molecular weight excluding hydrogens is 222 g/mol. The lowest BCUT2D eigenvalue weighted by Gasteiger charge is -2.09. The minimum atomic E-state index is -3.13. The summed E-state index contributed by atoms with van der Waals surface area (Å²) < 4.78 is 22.6. The van der Waals surface area contributed by atoms with Gasteiger partial charge in [-0.05, 0) is 24.1 Å². The molecule has 1 aliphatic rings. The maximum atomic E-state index is 11.3. The Hall–Kier alpha value is -1.34. The quantitative estimate of drug-likeness (QED) is 0.786. The molecule has 1 saturated carbocycles. The number of nitriles is 1. The van der Waals surface area contributed by atoms with Gasteiger partial charge in [-0.25, -0.2) is 8.42 Å². The third-order valence-corrected chi connectivity index (χ3v) is 4.46. The molecule has 1 fully saturated rings. The van der Waals surface area contributed by atoms with Gasteiger partial charge in [0.15, 0.2) is 9.84 Å². The fourth-order valence-electron chi connectivity index (χ4n) is 1.96. The zero-order chi connectivity index (χ0) is 12.0. The second kappa shape index (κ2) is 3.33. The van der Waals surface area contributed by atoms with E-state index in [1.807, 2.05) is 19.1 Å². The number of rotatable bonds is 2. The van der Waals surface area contributed by atoms with Gasteiger partial charge in [0.2, 0.25) is 0 Å². The van der Waals surface area contributed by atoms with Crippen LogP contribution in [0.1, 0.15) is 18.9 Å². The SMILES string of the molecule is CC1(c2ccc(S(C)(=O)=O)cc2)CC1C#N. The van der Waals surface area contributed by atoms with Crippen molar-refractivity contribution in [3.05, 3.63) is 29.8 Å². The summed E-state index contributed by atoms with van der Waals surface area (Å²) in [6.07, 6.45) is 2.06. The first-order valence-electron chi connectivity index (χ1n) is 5.08. The van der Waals surface area contributed by atoms with Gasteiger partial charge >= 0.3 is 0 Å². The number of nitrogens with zero attached hydrogens (tertiary/aromatic N) is 1. The highest BCUT2D eigenvalue weighted by Crippen LogP contribution is 2.53. The molecule has 0 N–H and O–H groups in total. The minimum Gasteiger partial charge on any atom is -0.224 e. The fourth-order valence-corrected chi connectivity index (χ4v) is 2.59. The molecule has 16 heavy (non-hydrogen) atoms. The molecule has 0 aliphatic heterocycles. The van der Waals surface area contributed by atoms with Crippen molar-refractivity contribution in [3.63, 3.8) is 0 Å². The third kappa shape index (κ3) is 1.72. The molecule has 0 aromatic heterocycles. The lowest BCUT2D eigenvalue weighted by Crippen LogP contribution is -2.04. The van der Waals surface area contributed by atoms with Crippen molar-refractivity contribution in [2.24, 2.45) is 5.92 Å². The van der Waals surface area contributed by atoms with Crippen LogP contribution in [0.3, 0.4) is 0 Å². The van der Waals surface area contributed by atoms with E-state index in [0.29, 0.717) is 4.90 Å². The molecule has 0 radical (unpaired) electrons. The van der Waals surface area contributed by atoms with Gasteiger partial charge in [0, 0.05) is 11.7 Å². The van der Waals surface area contributed by atoms with Crippen LogP contribution >= 0.6 is 0 Å². The molecule has 1 aliphatic carbocycles. The standard InChI is InChI=1S/C12H13NO2S/c1-12(7-10(12)8-13)9-3-5-11(6-4-9)16(2,14)15/h3-6,10H,7H2,1-2H3. The van der Waals surface area contributed by atoms with Gasteiger partial charge < -0.3 is 0 Å². The second-order valence-corrected chi connectivity index (χ2v) is 6.62. The zero-order valence-corrected chi connectivity index (χ0v) is 10.1. The Morgan fingerprint density at radius 3 is 2.31 bits per heavy atom. The molecule has 2 unspecified atom stereocenters. The first-order valence-corrected chi connectivity index (χ1v) is 6.97. The summed E-state index contributed by atoms with van der Waals surface area (Å²) >= 11 is 0. The predicted molar refractivity (Wildman–Crippen MR) is 60.6 cm³/mol. The average Bonchev–Trinajstić information content (AvgIpc) is 2.90. The minimum absolute atomic E-state index is 0.0663. The van der Waals surface area contributed by atoms with E-state index in [1.165, 1.54) is 6.26 Å². The van der Waals surface area contributed by atoms with Gasteiger partial charge in [0.1, 0.15) is 0 Å². The smallest absolute Gasteiger partial charge is 0.175 e. The van der Waals surface area contributed by atoms with Crippen LogP contribution in [0.4, 0.5) is 0 Å². The topological polar surface area (TPSA) is 57.9 Å². The van der Waals surface area contributed by atoms with E-state index in [2.05, 4.69) is 6.07 Å². The summed E-state index contributed by atoms with van der Waals surface area (Å²) in [7, 11) is -3.13. The van der Waals surface area contributed by atoms with Crippen LogP contribution in [-0.2, 0) is 15.3 Å². The summed E-state index contributed by atoms with van der Waals surface area (Å²) in [5.41, 5.74) is 0.969. The zero-order valence-electron chi connectivity index (χ0n) is 9.27. The highest BCUT2D eigenvalue weighted by atomic mass is 32.2. The van der Waals surface area contributed by atoms with Crippen LogP contribution in [-0.4, -0.2) is 14.7 Å². The van der Waals surface area contributed by atoms with Crippen molar-refractivity contribution >= 4 is 9.84 Å². The Balaban J connectivity index is 2.32. The van der Waals surface area contributed by atoms with Crippen molar-refractivity contribution < 1.29 is 8.42 Å². The summed E-state index contributed by atoms with van der Waals surface area (Å²) in [4.78, 5) is 0.328. The highest BCUT2D eigenvalue weighted by Gasteiger charge is 2.51. The van der Waals surface area contributed by atoms with Crippen molar-refractivity contribution in [2.75, 3.05) is 6.26 Å². The molecule has 4 heteroatoms. The molecule has 0 saturated heterocycles. The molecule has 0 heterocycles. The molecular formula is C12H13NO2S. The number of hydrogen-bond acceptors (Lipinski definition) is 3. The Bertz CT molecular complexity index is 554. The summed E-state index contributed by atoms with van der Waals surface area (Å²) in [5, 5.41) is 8.84. The van der Waals surface area contributed by atoms with Gasteiger partial charge in [-0.3, -0.25) is 0 Å². The van der Waals surface area contributed by atoms with Crippen molar-refractivity contribution in [3.8, 4) is 6.07 Å². The monoisotopic (exact) mass is 235 g/mol. The summed E-state index contributed by atoms with van der Waals surface area (Å²) in [5.74, 6) is 0.0663. The molecule has 2 rings (SSSR count). The number of benzene rings is 1. The van der Waals surface area contributed by atoms with E-state index in [4.69, 9.17) is 5.26 Å². The van der Waals surface area contributed by atoms with Crippen LogP contribution in [0.15, 0.2) is 29.2 Å². The highest BCUT2D eigenvalue weighted by molar-refractivity contribution is 7.90. The fraction of sp³-hybridized carbons (Fsp3) is 0.417. The Labute approximate surface area is 95.6 Å². The van der Waals surface area contributed by atoms with Gasteiger partial charge in [0.05, 0.1) is 16.9 Å². The lowest BCUT2D eigenvalue weighted by molar-refractivity contribution is 0.601. The van der Waals surface area contributed by atoms with Gasteiger partial charge in [-0.15, -0.1) is 0 Å². The molecule has 84 valence electrons. The second-order valence-electron chi connectivity index (χ2n) is 4.60. The Kier molecular flexibility index (Phi) is 2.32. The van der Waals surface area contributed by atoms with E-state index in [-0.39, 0.29) is 11.3 Å². The maximum absolute atomic E-state index is 11.3. The van der Waals surface area contributed by atoms with Crippen LogP contribution in [0.25, 0.3) is 0 Å². The van der Waals surface area contributed by atoms with E-state index in [0.717, 1.165) is 12.0 Å². The summed E-state index contributed by atoms with van der Waals surface area (Å²) in [6.45, 7) is 2.04. The van der Waals surface area contributed by atoms with E-state index < -0.39 is 9.84 Å². The lowest BCUT2D eigenvalue weighted by atomic mass is 9.96. The van der Waals surface area contributed by atoms with E-state index >= 15 is 0 Å². The summed E-state index contributed by atoms with van der Waals surface area (Å²) in [6, 6.07) is 9.11. The van der Waals surface area contributed by atoms with Crippen LogP contribution < -0.4 is 0 Å². The molecule has 0 bridgehead atoms. The van der Waals surface area contributed by atoms with Crippen LogP contribution in [0.2, 0.25) is 0 Å². The van der Waals surface area contributed by atoms with Gasteiger partial charge in [-0.2, -0.15) is 5.26 Å². The predicted octanol–water partition coefficient (Wildman–Crippen LogP) is 1.89. The first-order chi connectivity index (χ1) is 7.38. The van der Waals surface area contributed by atoms with Crippen molar-refractivity contribution in [1.29, 1.82) is 5.26 Å². The first kappa shape index (κ1) is 11.2. The third-order valence-electron chi connectivity index (χ3n) is 3.33. The molecule has 1 aromatic carbocycles. The Morgan fingerprint density at radius 1 is 1.38 bits per heavy atom. The van der Waals surface area contributed by atoms with Gasteiger partial charge in [-0.1, -0.05) is 19.1 Å². The molecule has 2 atom stereocenters. The molecule has 3 nitrogen and oxygen atoms in total. The largest absolute Gasteiger partial charge is 0.224 e. The molecule has 0 amide bonds. The van der Waals surface area contributed by atoms with Crippen LogP contribution in [0.5, 0.6) is 0 Å². The molecule has 1 aromatic rings. The Morgan fingerprint density at radius 2 is 1.94 bits per heavy atom. The molecule has 0 spiro atoms.